The van der Waals surface area contributed by atoms with Crippen molar-refractivity contribution in [2.45, 2.75) is 13.3 Å². The van der Waals surface area contributed by atoms with E-state index in [1.54, 1.807) is 0 Å². The second-order valence-electron chi connectivity index (χ2n) is 0.721. The highest BCUT2D eigenvalue weighted by molar-refractivity contribution is 9.10. The molecule has 0 radical (unpaired) electrons. The Bertz CT molecular complexity index is 30.6. The van der Waals surface area contributed by atoms with Gasteiger partial charge in [-0.1, -0.05) is 13.3 Å². The van der Waals surface area contributed by atoms with E-state index in [4.69, 9.17) is 0 Å². The Kier molecular flexibility index (Phi) is 4.41. The van der Waals surface area contributed by atoms with Crippen molar-refractivity contribution in [1.82, 2.24) is 0 Å². The summed E-state index contributed by atoms with van der Waals surface area (Å²) in [6.07, 6.45) is 2.98. The molecule has 0 atom stereocenters. The molecule has 0 saturated carbocycles. The van der Waals surface area contributed by atoms with Crippen LogP contribution in [0.2, 0.25) is 0 Å². The van der Waals surface area contributed by atoms with E-state index in [-0.39, 0.29) is 0 Å². The maximum Gasteiger partial charge on any atom is -0.0645 e. The van der Waals surface area contributed by atoms with E-state index in [2.05, 4.69) is 27.8 Å². The zero-order chi connectivity index (χ0) is 4.12. The van der Waals surface area contributed by atoms with Crippen LogP contribution in [0.3, 0.4) is 0 Å². The van der Waals surface area contributed by atoms with Crippen LogP contribution in [0.15, 0.2) is 6.08 Å². The Hall–Kier alpha value is 0.220. The standard InChI is InChI=1S/C4H6Br/c1-2-3-4-5/h3H,2H2,1H3/q-1. The molecular formula is C4H6Br-. The third-order valence-electron chi connectivity index (χ3n) is 0.281. The lowest BCUT2D eigenvalue weighted by molar-refractivity contribution is 1.23. The minimum absolute atomic E-state index is 1.06. The van der Waals surface area contributed by atoms with Gasteiger partial charge < -0.3 is 20.9 Å². The lowest BCUT2D eigenvalue weighted by Crippen LogP contribution is -1.41. The van der Waals surface area contributed by atoms with Crippen LogP contribution in [0.4, 0.5) is 0 Å². The van der Waals surface area contributed by atoms with Gasteiger partial charge in [0, 0.05) is 0 Å². The average molecular weight is 134 g/mol. The van der Waals surface area contributed by atoms with E-state index in [1.807, 2.05) is 6.08 Å². The molecule has 0 aliphatic rings. The highest BCUT2D eigenvalue weighted by Gasteiger charge is 1.40. The van der Waals surface area contributed by atoms with E-state index in [0.717, 1.165) is 6.42 Å². The molecule has 0 rings (SSSR count). The molecule has 0 fully saturated rings. The van der Waals surface area contributed by atoms with Crippen LogP contribution in [-0.2, 0) is 0 Å². The lowest BCUT2D eigenvalue weighted by Gasteiger charge is -1.81. The Morgan fingerprint density at radius 1 is 2.00 bits per heavy atom. The van der Waals surface area contributed by atoms with Gasteiger partial charge in [0.05, 0.1) is 0 Å². The van der Waals surface area contributed by atoms with Gasteiger partial charge in [0.15, 0.2) is 0 Å². The molecule has 0 bridgehead atoms. The van der Waals surface area contributed by atoms with Crippen LogP contribution >= 0.6 is 15.9 Å². The van der Waals surface area contributed by atoms with Crippen LogP contribution in [0.1, 0.15) is 13.3 Å². The average Bonchev–Trinajstić information content (AvgIpc) is 1.41. The number of hydrogen-bond donors (Lipinski definition) is 0. The topological polar surface area (TPSA) is 0 Å². The molecule has 0 aromatic rings. The fourth-order valence-corrected chi connectivity index (χ4v) is 0.401. The van der Waals surface area contributed by atoms with Crippen molar-refractivity contribution < 1.29 is 0 Å². The summed E-state index contributed by atoms with van der Waals surface area (Å²) in [5, 5.41) is 0. The van der Waals surface area contributed by atoms with Crippen molar-refractivity contribution in [3.8, 4) is 0 Å². The molecule has 0 aromatic heterocycles. The summed E-state index contributed by atoms with van der Waals surface area (Å²) in [6.45, 7) is 2.06. The summed E-state index contributed by atoms with van der Waals surface area (Å²) in [5.74, 6) is 0. The largest absolute Gasteiger partial charge is 0.426 e. The fourth-order valence-electron chi connectivity index (χ4n) is 0.0772. The van der Waals surface area contributed by atoms with Gasteiger partial charge in [-0.3, -0.25) is 6.08 Å². The molecule has 0 nitrogen and oxygen atoms in total. The first kappa shape index (κ1) is 5.22. The van der Waals surface area contributed by atoms with Crippen molar-refractivity contribution in [2.24, 2.45) is 0 Å². The zero-order valence-electron chi connectivity index (χ0n) is 3.16. The van der Waals surface area contributed by atoms with Crippen molar-refractivity contribution in [3.63, 3.8) is 0 Å². The van der Waals surface area contributed by atoms with Crippen LogP contribution in [0, 0.1) is 4.99 Å². The SMILES string of the molecule is CCC=[C-]Br. The van der Waals surface area contributed by atoms with Gasteiger partial charge in [0.1, 0.15) is 0 Å². The van der Waals surface area contributed by atoms with Crippen molar-refractivity contribution in [1.29, 1.82) is 0 Å². The number of halogens is 1. The first-order valence-electron chi connectivity index (χ1n) is 1.59. The monoisotopic (exact) mass is 133 g/mol. The molecule has 0 saturated heterocycles. The van der Waals surface area contributed by atoms with Gasteiger partial charge in [-0.25, -0.2) is 0 Å². The molecule has 0 aromatic carbocycles. The Morgan fingerprint density at radius 2 is 2.60 bits per heavy atom. The predicted octanol–water partition coefficient (Wildman–Crippen LogP) is 2.11. The van der Waals surface area contributed by atoms with Gasteiger partial charge in [-0.15, -0.1) is 0 Å². The van der Waals surface area contributed by atoms with Crippen molar-refractivity contribution in [2.75, 3.05) is 0 Å². The van der Waals surface area contributed by atoms with Crippen molar-refractivity contribution >= 4 is 15.9 Å². The van der Waals surface area contributed by atoms with Gasteiger partial charge >= 0.3 is 0 Å². The predicted molar refractivity (Wildman–Crippen MR) is 27.0 cm³/mol. The smallest absolute Gasteiger partial charge is 0.0645 e. The van der Waals surface area contributed by atoms with E-state index in [0.29, 0.717) is 0 Å². The highest BCUT2D eigenvalue weighted by atomic mass is 79.9. The van der Waals surface area contributed by atoms with E-state index in [1.165, 1.54) is 0 Å². The number of allylic oxidation sites excluding steroid dienone is 1. The molecule has 0 amide bonds. The molecule has 5 heavy (non-hydrogen) atoms. The minimum atomic E-state index is 1.06. The van der Waals surface area contributed by atoms with Crippen molar-refractivity contribution in [3.05, 3.63) is 11.1 Å². The quantitative estimate of drug-likeness (QED) is 0.481. The van der Waals surface area contributed by atoms with E-state index < -0.39 is 0 Å². The molecular weight excluding hydrogens is 128 g/mol. The summed E-state index contributed by atoms with van der Waals surface area (Å²) in [4.78, 5) is 2.70. The van der Waals surface area contributed by atoms with Gasteiger partial charge in [0.25, 0.3) is 0 Å². The maximum atomic E-state index is 3.00. The Morgan fingerprint density at radius 3 is 2.60 bits per heavy atom. The summed E-state index contributed by atoms with van der Waals surface area (Å²) in [6, 6.07) is 0. The molecule has 0 spiro atoms. The Labute approximate surface area is 41.0 Å². The number of rotatable bonds is 1. The minimum Gasteiger partial charge on any atom is -0.426 e. The third kappa shape index (κ3) is 4.22. The van der Waals surface area contributed by atoms with Gasteiger partial charge in [-0.2, -0.15) is 0 Å². The van der Waals surface area contributed by atoms with E-state index in [9.17, 15) is 0 Å². The van der Waals surface area contributed by atoms with Crippen LogP contribution in [0.5, 0.6) is 0 Å². The molecule has 0 aliphatic heterocycles. The molecule has 0 N–H and O–H groups in total. The molecule has 0 unspecified atom stereocenters. The Balaban J connectivity index is 2.62. The second kappa shape index (κ2) is 4.22. The van der Waals surface area contributed by atoms with Gasteiger partial charge in [-0.05, 0) is 0 Å². The van der Waals surface area contributed by atoms with Gasteiger partial charge in [0.2, 0.25) is 0 Å². The molecule has 30 valence electrons. The molecule has 0 heterocycles. The summed E-state index contributed by atoms with van der Waals surface area (Å²) < 4.78 is 0. The normalized spacial score (nSPS) is 10.0. The van der Waals surface area contributed by atoms with E-state index >= 15 is 0 Å². The summed E-state index contributed by atoms with van der Waals surface area (Å²) >= 11 is 3.00. The second-order valence-corrected chi connectivity index (χ2v) is 1.18. The fraction of sp³-hybridized carbons (Fsp3) is 0.500. The zero-order valence-corrected chi connectivity index (χ0v) is 4.75. The first-order chi connectivity index (χ1) is 2.41. The van der Waals surface area contributed by atoms with Crippen LogP contribution in [0.25, 0.3) is 0 Å². The first-order valence-corrected chi connectivity index (χ1v) is 2.39. The molecule has 0 aliphatic carbocycles. The maximum absolute atomic E-state index is 3.00. The summed E-state index contributed by atoms with van der Waals surface area (Å²) in [5.41, 5.74) is 0. The molecule has 1 heteroatoms. The third-order valence-corrected chi connectivity index (χ3v) is 0.605. The number of hydrogen-bond acceptors (Lipinski definition) is 0. The lowest BCUT2D eigenvalue weighted by atomic mass is 10.5. The van der Waals surface area contributed by atoms with Crippen LogP contribution < -0.4 is 0 Å². The van der Waals surface area contributed by atoms with Crippen LogP contribution in [-0.4, -0.2) is 0 Å². The summed E-state index contributed by atoms with van der Waals surface area (Å²) in [7, 11) is 0. The highest BCUT2D eigenvalue weighted by Crippen LogP contribution is 1.81.